The molecule has 1 fully saturated rings. The lowest BCUT2D eigenvalue weighted by Gasteiger charge is -2.20. The zero-order valence-electron chi connectivity index (χ0n) is 9.53. The number of hydrogen-bond acceptors (Lipinski definition) is 2. The van der Waals surface area contributed by atoms with Crippen molar-refractivity contribution in [2.45, 2.75) is 32.9 Å². The van der Waals surface area contributed by atoms with Crippen molar-refractivity contribution in [1.82, 2.24) is 9.80 Å². The molecule has 82 valence electrons. The summed E-state index contributed by atoms with van der Waals surface area (Å²) in [6, 6.07) is 0.500. The highest BCUT2D eigenvalue weighted by Crippen LogP contribution is 2.19. The SMILES string of the molecule is CC(N)CN1CC(C(C)C)N(C)C1=O. The number of carbonyl (C=O) groups is 1. The van der Waals surface area contributed by atoms with E-state index in [0.717, 1.165) is 6.54 Å². The minimum Gasteiger partial charge on any atom is -0.326 e. The highest BCUT2D eigenvalue weighted by molar-refractivity contribution is 5.77. The van der Waals surface area contributed by atoms with Crippen molar-refractivity contribution in [3.63, 3.8) is 0 Å². The second kappa shape index (κ2) is 4.17. The van der Waals surface area contributed by atoms with Gasteiger partial charge in [-0.25, -0.2) is 4.79 Å². The van der Waals surface area contributed by atoms with Crippen molar-refractivity contribution in [1.29, 1.82) is 0 Å². The molecule has 14 heavy (non-hydrogen) atoms. The summed E-state index contributed by atoms with van der Waals surface area (Å²) in [5.74, 6) is 0.502. The van der Waals surface area contributed by atoms with Crippen LogP contribution in [0.5, 0.6) is 0 Å². The van der Waals surface area contributed by atoms with Crippen LogP contribution in [0.3, 0.4) is 0 Å². The van der Waals surface area contributed by atoms with E-state index >= 15 is 0 Å². The largest absolute Gasteiger partial charge is 0.326 e. The van der Waals surface area contributed by atoms with Crippen LogP contribution in [0, 0.1) is 5.92 Å². The summed E-state index contributed by atoms with van der Waals surface area (Å²) in [5, 5.41) is 0. The highest BCUT2D eigenvalue weighted by Gasteiger charge is 2.36. The fraction of sp³-hybridized carbons (Fsp3) is 0.900. The molecule has 0 aromatic rings. The van der Waals surface area contributed by atoms with Crippen LogP contribution >= 0.6 is 0 Å². The van der Waals surface area contributed by atoms with E-state index in [2.05, 4.69) is 13.8 Å². The number of likely N-dealkylation sites (N-methyl/N-ethyl adjacent to an activating group) is 1. The van der Waals surface area contributed by atoms with Gasteiger partial charge in [0.15, 0.2) is 0 Å². The fourth-order valence-electron chi connectivity index (χ4n) is 1.95. The molecule has 0 aromatic carbocycles. The summed E-state index contributed by atoms with van der Waals surface area (Å²) < 4.78 is 0. The minimum absolute atomic E-state index is 0.0539. The average molecular weight is 199 g/mol. The number of hydrogen-bond donors (Lipinski definition) is 1. The van der Waals surface area contributed by atoms with Gasteiger partial charge in [0.25, 0.3) is 0 Å². The van der Waals surface area contributed by atoms with Gasteiger partial charge >= 0.3 is 6.03 Å². The fourth-order valence-corrected chi connectivity index (χ4v) is 1.95. The number of amides is 2. The molecule has 0 aromatic heterocycles. The monoisotopic (exact) mass is 199 g/mol. The van der Waals surface area contributed by atoms with Crippen molar-refractivity contribution in [2.24, 2.45) is 11.7 Å². The predicted octanol–water partition coefficient (Wildman–Crippen LogP) is 0.726. The van der Waals surface area contributed by atoms with Gasteiger partial charge in [-0.3, -0.25) is 0 Å². The Kier molecular flexibility index (Phi) is 3.37. The lowest BCUT2D eigenvalue weighted by molar-refractivity contribution is 0.190. The number of carbonyl (C=O) groups excluding carboxylic acids is 1. The molecular formula is C10H21N3O. The van der Waals surface area contributed by atoms with E-state index in [1.165, 1.54) is 0 Å². The lowest BCUT2D eigenvalue weighted by atomic mass is 10.0. The molecular weight excluding hydrogens is 178 g/mol. The van der Waals surface area contributed by atoms with E-state index in [9.17, 15) is 4.79 Å². The maximum Gasteiger partial charge on any atom is 0.320 e. The van der Waals surface area contributed by atoms with Crippen LogP contribution < -0.4 is 5.73 Å². The molecule has 0 bridgehead atoms. The van der Waals surface area contributed by atoms with Gasteiger partial charge in [0.1, 0.15) is 0 Å². The summed E-state index contributed by atoms with van der Waals surface area (Å²) in [5.41, 5.74) is 5.69. The molecule has 4 nitrogen and oxygen atoms in total. The van der Waals surface area contributed by atoms with Crippen LogP contribution in [0.4, 0.5) is 4.79 Å². The van der Waals surface area contributed by atoms with Crippen molar-refractivity contribution in [3.8, 4) is 0 Å². The van der Waals surface area contributed by atoms with Crippen LogP contribution in [0.1, 0.15) is 20.8 Å². The van der Waals surface area contributed by atoms with Gasteiger partial charge in [-0.1, -0.05) is 13.8 Å². The Morgan fingerprint density at radius 3 is 2.43 bits per heavy atom. The molecule has 4 heteroatoms. The second-order valence-corrected chi connectivity index (χ2v) is 4.59. The van der Waals surface area contributed by atoms with Gasteiger partial charge in [-0.2, -0.15) is 0 Å². The Balaban J connectivity index is 2.62. The Bertz CT molecular complexity index is 215. The van der Waals surface area contributed by atoms with Gasteiger partial charge in [-0.15, -0.1) is 0 Å². The lowest BCUT2D eigenvalue weighted by Crippen LogP contribution is -2.38. The standard InChI is InChI=1S/C10H21N3O/c1-7(2)9-6-13(5-8(3)11)10(14)12(9)4/h7-9H,5-6,11H2,1-4H3. The van der Waals surface area contributed by atoms with Crippen molar-refractivity contribution in [3.05, 3.63) is 0 Å². The third-order valence-corrected chi connectivity index (χ3v) is 2.76. The number of rotatable bonds is 3. The molecule has 2 amide bonds. The van der Waals surface area contributed by atoms with Gasteiger partial charge in [-0.05, 0) is 12.8 Å². The first kappa shape index (κ1) is 11.3. The molecule has 1 saturated heterocycles. The molecule has 1 aliphatic rings. The third kappa shape index (κ3) is 2.18. The molecule has 2 unspecified atom stereocenters. The van der Waals surface area contributed by atoms with Gasteiger partial charge in [0.2, 0.25) is 0 Å². The van der Waals surface area contributed by atoms with Crippen LogP contribution in [-0.2, 0) is 0 Å². The highest BCUT2D eigenvalue weighted by atomic mass is 16.2. The first-order valence-electron chi connectivity index (χ1n) is 5.20. The predicted molar refractivity (Wildman–Crippen MR) is 57.0 cm³/mol. The molecule has 0 aliphatic carbocycles. The Morgan fingerprint density at radius 1 is 1.50 bits per heavy atom. The van der Waals surface area contributed by atoms with E-state index < -0.39 is 0 Å². The molecule has 2 atom stereocenters. The number of nitrogens with zero attached hydrogens (tertiary/aromatic N) is 2. The van der Waals surface area contributed by atoms with E-state index in [0.29, 0.717) is 18.5 Å². The second-order valence-electron chi connectivity index (χ2n) is 4.59. The smallest absolute Gasteiger partial charge is 0.320 e. The molecule has 1 heterocycles. The Morgan fingerprint density at radius 2 is 2.07 bits per heavy atom. The van der Waals surface area contributed by atoms with E-state index in [-0.39, 0.29) is 12.1 Å². The summed E-state index contributed by atoms with van der Waals surface area (Å²) in [6.45, 7) is 7.69. The quantitative estimate of drug-likeness (QED) is 0.728. The van der Waals surface area contributed by atoms with E-state index in [4.69, 9.17) is 5.73 Å². The average Bonchev–Trinajstić information content (AvgIpc) is 2.32. The first-order valence-corrected chi connectivity index (χ1v) is 5.20. The van der Waals surface area contributed by atoms with E-state index in [1.807, 2.05) is 23.8 Å². The maximum atomic E-state index is 11.8. The van der Waals surface area contributed by atoms with Crippen LogP contribution in [0.15, 0.2) is 0 Å². The summed E-state index contributed by atoms with van der Waals surface area (Å²) in [4.78, 5) is 15.4. The van der Waals surface area contributed by atoms with Crippen LogP contribution in [0.25, 0.3) is 0 Å². The summed E-state index contributed by atoms with van der Waals surface area (Å²) in [7, 11) is 1.87. The molecule has 0 spiro atoms. The van der Waals surface area contributed by atoms with Crippen LogP contribution in [0.2, 0.25) is 0 Å². The van der Waals surface area contributed by atoms with Crippen molar-refractivity contribution < 1.29 is 4.79 Å². The van der Waals surface area contributed by atoms with E-state index in [1.54, 1.807) is 0 Å². The molecule has 2 N–H and O–H groups in total. The van der Waals surface area contributed by atoms with Gasteiger partial charge in [0, 0.05) is 26.2 Å². The first-order chi connectivity index (χ1) is 6.43. The van der Waals surface area contributed by atoms with Crippen molar-refractivity contribution in [2.75, 3.05) is 20.1 Å². The van der Waals surface area contributed by atoms with Crippen molar-refractivity contribution >= 4 is 6.03 Å². The minimum atomic E-state index is 0.0539. The normalized spacial score (nSPS) is 25.0. The molecule has 0 saturated carbocycles. The third-order valence-electron chi connectivity index (χ3n) is 2.76. The Hall–Kier alpha value is -0.770. The molecule has 0 radical (unpaired) electrons. The Labute approximate surface area is 86.0 Å². The zero-order valence-corrected chi connectivity index (χ0v) is 9.53. The zero-order chi connectivity index (χ0) is 10.9. The topological polar surface area (TPSA) is 49.6 Å². The maximum absolute atomic E-state index is 11.8. The van der Waals surface area contributed by atoms with Gasteiger partial charge < -0.3 is 15.5 Å². The molecule has 1 rings (SSSR count). The number of nitrogens with two attached hydrogens (primary N) is 1. The summed E-state index contributed by atoms with van der Waals surface area (Å²) >= 11 is 0. The number of urea groups is 1. The van der Waals surface area contributed by atoms with Crippen LogP contribution in [-0.4, -0.2) is 48.1 Å². The summed E-state index contributed by atoms with van der Waals surface area (Å²) in [6.07, 6.45) is 0. The molecule has 1 aliphatic heterocycles. The van der Waals surface area contributed by atoms with Gasteiger partial charge in [0.05, 0.1) is 6.04 Å².